The van der Waals surface area contributed by atoms with Crippen LogP contribution in [0.2, 0.25) is 0 Å². The Morgan fingerprint density at radius 2 is 1.84 bits per heavy atom. The molecule has 196 valence electrons. The van der Waals surface area contributed by atoms with Gasteiger partial charge in [0.25, 0.3) is 5.91 Å². The molecule has 0 fully saturated rings. The first-order valence-electron chi connectivity index (χ1n) is 12.9. The van der Waals surface area contributed by atoms with Crippen molar-refractivity contribution in [3.05, 3.63) is 95.9 Å². The fourth-order valence-corrected chi connectivity index (χ4v) is 4.13. The van der Waals surface area contributed by atoms with Crippen molar-refractivity contribution in [1.29, 1.82) is 0 Å². The van der Waals surface area contributed by atoms with Gasteiger partial charge in [-0.25, -0.2) is 9.97 Å². The largest absolute Gasteiger partial charge is 0.324 e. The van der Waals surface area contributed by atoms with Crippen LogP contribution in [0.5, 0.6) is 0 Å². The van der Waals surface area contributed by atoms with Gasteiger partial charge in [-0.05, 0) is 80.5 Å². The molecule has 0 saturated carbocycles. The Morgan fingerprint density at radius 1 is 1.00 bits per heavy atom. The fraction of sp³-hybridized carbons (Fsp3) is 0.267. The molecule has 4 rings (SSSR count). The molecule has 38 heavy (non-hydrogen) atoms. The summed E-state index contributed by atoms with van der Waals surface area (Å²) in [5.74, 6) is 0.321. The van der Waals surface area contributed by atoms with Crippen LogP contribution >= 0.6 is 0 Å². The fourth-order valence-electron chi connectivity index (χ4n) is 4.13. The summed E-state index contributed by atoms with van der Waals surface area (Å²) in [7, 11) is 1.97. The number of benzene rings is 2. The predicted octanol–water partition coefficient (Wildman–Crippen LogP) is 5.27. The summed E-state index contributed by atoms with van der Waals surface area (Å²) < 4.78 is 0. The summed E-state index contributed by atoms with van der Waals surface area (Å²) in [5.41, 5.74) is 6.03. The highest BCUT2D eigenvalue weighted by Crippen LogP contribution is 2.24. The number of amides is 1. The molecule has 1 amide bonds. The van der Waals surface area contributed by atoms with Crippen molar-refractivity contribution in [2.75, 3.05) is 37.3 Å². The van der Waals surface area contributed by atoms with E-state index in [9.17, 15) is 4.79 Å². The first-order chi connectivity index (χ1) is 18.6. The molecule has 2 aromatic heterocycles. The number of aryl methyl sites for hydroxylation is 1. The van der Waals surface area contributed by atoms with E-state index in [2.05, 4.69) is 42.7 Å². The van der Waals surface area contributed by atoms with Gasteiger partial charge in [0.05, 0.1) is 5.69 Å². The Balaban J connectivity index is 1.42. The van der Waals surface area contributed by atoms with E-state index < -0.39 is 0 Å². The number of nitrogens with one attached hydrogen (secondary N) is 3. The molecule has 0 radical (unpaired) electrons. The topological polar surface area (TPSA) is 95.1 Å². The van der Waals surface area contributed by atoms with Crippen molar-refractivity contribution in [3.8, 4) is 11.3 Å². The third-order valence-electron chi connectivity index (χ3n) is 6.19. The maximum Gasteiger partial charge on any atom is 0.255 e. The quantitative estimate of drug-likeness (QED) is 0.239. The van der Waals surface area contributed by atoms with Gasteiger partial charge in [-0.15, -0.1) is 0 Å². The van der Waals surface area contributed by atoms with Crippen molar-refractivity contribution in [3.63, 3.8) is 0 Å². The second-order valence-corrected chi connectivity index (χ2v) is 9.19. The smallest absolute Gasteiger partial charge is 0.255 e. The maximum atomic E-state index is 13.0. The molecule has 0 aliphatic rings. The van der Waals surface area contributed by atoms with Gasteiger partial charge < -0.3 is 16.0 Å². The van der Waals surface area contributed by atoms with Crippen LogP contribution in [-0.2, 0) is 6.54 Å². The van der Waals surface area contributed by atoms with Gasteiger partial charge in [0.2, 0.25) is 5.95 Å². The van der Waals surface area contributed by atoms with Gasteiger partial charge in [-0.3, -0.25) is 14.7 Å². The second kappa shape index (κ2) is 13.4. The zero-order valence-electron chi connectivity index (χ0n) is 22.2. The first kappa shape index (κ1) is 26.9. The first-order valence-corrected chi connectivity index (χ1v) is 12.9. The maximum absolute atomic E-state index is 13.0. The van der Waals surface area contributed by atoms with Gasteiger partial charge >= 0.3 is 0 Å². The number of likely N-dealkylation sites (N-methyl/N-ethyl adjacent to an activating group) is 1. The molecule has 0 bridgehead atoms. The van der Waals surface area contributed by atoms with Crippen molar-refractivity contribution in [1.82, 2.24) is 25.2 Å². The number of rotatable bonds is 12. The lowest BCUT2D eigenvalue weighted by atomic mass is 10.1. The third kappa shape index (κ3) is 7.44. The normalized spacial score (nSPS) is 10.9. The number of nitrogens with zero attached hydrogens (tertiary/aromatic N) is 4. The van der Waals surface area contributed by atoms with E-state index in [-0.39, 0.29) is 5.91 Å². The predicted molar refractivity (Wildman–Crippen MR) is 154 cm³/mol. The molecule has 0 saturated heterocycles. The van der Waals surface area contributed by atoms with Crippen LogP contribution in [0, 0.1) is 6.92 Å². The highest BCUT2D eigenvalue weighted by Gasteiger charge is 2.11. The molecule has 4 aromatic rings. The van der Waals surface area contributed by atoms with E-state index in [1.54, 1.807) is 18.6 Å². The van der Waals surface area contributed by atoms with Crippen LogP contribution < -0.4 is 16.0 Å². The summed E-state index contributed by atoms with van der Waals surface area (Å²) in [4.78, 5) is 28.5. The molecule has 2 heterocycles. The highest BCUT2D eigenvalue weighted by atomic mass is 16.1. The third-order valence-corrected chi connectivity index (χ3v) is 6.19. The molecule has 0 spiro atoms. The number of aromatic nitrogens is 3. The summed E-state index contributed by atoms with van der Waals surface area (Å²) in [6.07, 6.45) is 6.32. The van der Waals surface area contributed by atoms with Crippen molar-refractivity contribution in [2.45, 2.75) is 26.8 Å². The average Bonchev–Trinajstić information content (AvgIpc) is 2.94. The number of carbonyl (C=O) groups excluding carboxylic acids is 1. The molecule has 8 heteroatoms. The molecule has 0 aliphatic heterocycles. The Kier molecular flexibility index (Phi) is 9.50. The monoisotopic (exact) mass is 509 g/mol. The molecular formula is C30H35N7O. The van der Waals surface area contributed by atoms with Gasteiger partial charge in [0, 0.05) is 60.7 Å². The Bertz CT molecular complexity index is 1330. The second-order valence-electron chi connectivity index (χ2n) is 9.19. The minimum absolute atomic E-state index is 0.151. The standard InChI is InChI=1S/C30H35N7O/c1-4-17-37(18-16-31-3)21-23-8-10-24(11-9-23)29(38)34-26-12-7-22(2)28(19-26)36-30-33-15-13-27(35-30)25-6-5-14-32-20-25/h5-15,19-20,31H,4,16-18,21H2,1-3H3,(H,34,38)(H,33,35,36). The van der Waals surface area contributed by atoms with Crippen LogP contribution in [0.3, 0.4) is 0 Å². The molecule has 8 nitrogen and oxygen atoms in total. The van der Waals surface area contributed by atoms with Crippen LogP contribution in [0.15, 0.2) is 79.3 Å². The SMILES string of the molecule is CCCN(CCNC)Cc1ccc(C(=O)Nc2ccc(C)c(Nc3nccc(-c4cccnc4)n3)c2)cc1. The van der Waals surface area contributed by atoms with Crippen molar-refractivity contribution >= 4 is 23.2 Å². The Labute approximate surface area is 224 Å². The lowest BCUT2D eigenvalue weighted by Gasteiger charge is -2.21. The highest BCUT2D eigenvalue weighted by molar-refractivity contribution is 6.04. The summed E-state index contributed by atoms with van der Waals surface area (Å²) in [6, 6.07) is 19.3. The van der Waals surface area contributed by atoms with Crippen LogP contribution in [0.25, 0.3) is 11.3 Å². The Hall–Kier alpha value is -4.14. The lowest BCUT2D eigenvalue weighted by molar-refractivity contribution is 0.102. The number of pyridine rings is 1. The Morgan fingerprint density at radius 3 is 2.58 bits per heavy atom. The lowest BCUT2D eigenvalue weighted by Crippen LogP contribution is -2.31. The van der Waals surface area contributed by atoms with Crippen LogP contribution in [-0.4, -0.2) is 52.4 Å². The summed E-state index contributed by atoms with van der Waals surface area (Å²) >= 11 is 0. The number of anilines is 3. The minimum atomic E-state index is -0.151. The van der Waals surface area contributed by atoms with Crippen molar-refractivity contribution in [2.24, 2.45) is 0 Å². The van der Waals surface area contributed by atoms with E-state index in [1.165, 1.54) is 5.56 Å². The summed E-state index contributed by atoms with van der Waals surface area (Å²) in [6.45, 7) is 8.06. The number of carbonyl (C=O) groups is 1. The van der Waals surface area contributed by atoms with E-state index in [1.807, 2.05) is 74.6 Å². The van der Waals surface area contributed by atoms with Gasteiger partial charge in [0.1, 0.15) is 0 Å². The summed E-state index contributed by atoms with van der Waals surface area (Å²) in [5, 5.41) is 9.50. The van der Waals surface area contributed by atoms with E-state index in [0.29, 0.717) is 17.2 Å². The molecule has 0 aliphatic carbocycles. The van der Waals surface area contributed by atoms with Gasteiger partial charge in [-0.2, -0.15) is 0 Å². The van der Waals surface area contributed by atoms with Crippen LogP contribution in [0.1, 0.15) is 34.8 Å². The van der Waals surface area contributed by atoms with Crippen LogP contribution in [0.4, 0.5) is 17.3 Å². The minimum Gasteiger partial charge on any atom is -0.324 e. The zero-order chi connectivity index (χ0) is 26.7. The average molecular weight is 510 g/mol. The number of hydrogen-bond donors (Lipinski definition) is 3. The molecule has 2 aromatic carbocycles. The van der Waals surface area contributed by atoms with E-state index in [0.717, 1.165) is 55.1 Å². The molecule has 0 unspecified atom stereocenters. The molecular weight excluding hydrogens is 474 g/mol. The van der Waals surface area contributed by atoms with Gasteiger partial charge in [0.15, 0.2) is 0 Å². The molecule has 0 atom stereocenters. The van der Waals surface area contributed by atoms with Gasteiger partial charge in [-0.1, -0.05) is 25.1 Å². The van der Waals surface area contributed by atoms with E-state index in [4.69, 9.17) is 0 Å². The van der Waals surface area contributed by atoms with E-state index >= 15 is 0 Å². The zero-order valence-corrected chi connectivity index (χ0v) is 22.2. The molecule has 3 N–H and O–H groups in total. The number of hydrogen-bond acceptors (Lipinski definition) is 7. The van der Waals surface area contributed by atoms with Crippen molar-refractivity contribution < 1.29 is 4.79 Å².